The van der Waals surface area contributed by atoms with E-state index < -0.39 is 0 Å². The van der Waals surface area contributed by atoms with Crippen LogP contribution in [0.2, 0.25) is 0 Å². The van der Waals surface area contributed by atoms with Gasteiger partial charge in [-0.3, -0.25) is 4.90 Å². The summed E-state index contributed by atoms with van der Waals surface area (Å²) in [7, 11) is 0. The van der Waals surface area contributed by atoms with Crippen molar-refractivity contribution >= 4 is 0 Å². The van der Waals surface area contributed by atoms with Crippen molar-refractivity contribution in [1.82, 2.24) is 4.90 Å². The molecule has 0 radical (unpaired) electrons. The second-order valence-corrected chi connectivity index (χ2v) is 5.61. The number of piperidine rings is 1. The monoisotopic (exact) mass is 264 g/mol. The number of nitrogens with zero attached hydrogens (tertiary/aromatic N) is 1. The summed E-state index contributed by atoms with van der Waals surface area (Å²) in [5.74, 6) is -0.0941. The highest BCUT2D eigenvalue weighted by Gasteiger charge is 2.31. The molecule has 1 aromatic carbocycles. The van der Waals surface area contributed by atoms with E-state index in [4.69, 9.17) is 5.73 Å². The van der Waals surface area contributed by atoms with Crippen molar-refractivity contribution in [3.05, 3.63) is 35.6 Å². The molecule has 0 aliphatic carbocycles. The maximum absolute atomic E-state index is 14.1. The van der Waals surface area contributed by atoms with Crippen LogP contribution in [0.3, 0.4) is 0 Å². The number of nitrogens with two attached hydrogens (primary N) is 1. The molecular formula is C16H25FN2. The third-order valence-corrected chi connectivity index (χ3v) is 4.25. The normalized spacial score (nSPS) is 24.1. The van der Waals surface area contributed by atoms with Crippen molar-refractivity contribution in [2.45, 2.75) is 57.7 Å². The minimum Gasteiger partial charge on any atom is -0.327 e. The number of likely N-dealkylation sites (tertiary alicyclic amines) is 1. The van der Waals surface area contributed by atoms with Gasteiger partial charge in [0.15, 0.2) is 0 Å². The second-order valence-electron chi connectivity index (χ2n) is 5.61. The lowest BCUT2D eigenvalue weighted by molar-refractivity contribution is 0.0766. The highest BCUT2D eigenvalue weighted by atomic mass is 19.1. The number of benzene rings is 1. The summed E-state index contributed by atoms with van der Waals surface area (Å²) in [5, 5.41) is 0. The van der Waals surface area contributed by atoms with Gasteiger partial charge in [-0.15, -0.1) is 0 Å². The third-order valence-electron chi connectivity index (χ3n) is 4.25. The Bertz CT molecular complexity index is 405. The Morgan fingerprint density at radius 1 is 1.37 bits per heavy atom. The maximum atomic E-state index is 14.1. The Balaban J connectivity index is 2.27. The van der Waals surface area contributed by atoms with Crippen molar-refractivity contribution in [3.63, 3.8) is 0 Å². The van der Waals surface area contributed by atoms with Crippen LogP contribution < -0.4 is 5.73 Å². The van der Waals surface area contributed by atoms with Crippen molar-refractivity contribution in [2.75, 3.05) is 6.54 Å². The zero-order chi connectivity index (χ0) is 13.8. The molecule has 3 heteroatoms. The predicted molar refractivity (Wildman–Crippen MR) is 77.4 cm³/mol. The van der Waals surface area contributed by atoms with E-state index in [1.165, 1.54) is 12.8 Å². The van der Waals surface area contributed by atoms with Crippen LogP contribution in [0.4, 0.5) is 4.39 Å². The molecule has 1 heterocycles. The van der Waals surface area contributed by atoms with Crippen LogP contribution in [0.25, 0.3) is 0 Å². The summed E-state index contributed by atoms with van der Waals surface area (Å²) in [6.07, 6.45) is 4.47. The first-order valence-corrected chi connectivity index (χ1v) is 7.41. The lowest BCUT2D eigenvalue weighted by atomic mass is 9.91. The minimum atomic E-state index is -0.0941. The standard InChI is InChI=1S/C16H25FN2/c1-3-15(13-8-4-5-9-14(13)17)19-11-7-6-10-16(19)12(2)18/h4-5,8-9,12,15-16H,3,6-7,10-11,18H2,1-2H3. The number of rotatable bonds is 4. The van der Waals surface area contributed by atoms with Crippen molar-refractivity contribution in [2.24, 2.45) is 5.73 Å². The van der Waals surface area contributed by atoms with Gasteiger partial charge in [-0.05, 0) is 38.8 Å². The van der Waals surface area contributed by atoms with E-state index in [0.29, 0.717) is 6.04 Å². The molecule has 1 aliphatic rings. The predicted octanol–water partition coefficient (Wildman–Crippen LogP) is 3.48. The zero-order valence-electron chi connectivity index (χ0n) is 12.0. The fourth-order valence-corrected chi connectivity index (χ4v) is 3.31. The van der Waals surface area contributed by atoms with Crippen LogP contribution in [-0.2, 0) is 0 Å². The van der Waals surface area contributed by atoms with Crippen LogP contribution in [0, 0.1) is 5.82 Å². The summed E-state index contributed by atoms with van der Waals surface area (Å²) >= 11 is 0. The molecule has 2 nitrogen and oxygen atoms in total. The smallest absolute Gasteiger partial charge is 0.127 e. The molecule has 19 heavy (non-hydrogen) atoms. The van der Waals surface area contributed by atoms with Crippen molar-refractivity contribution < 1.29 is 4.39 Å². The Kier molecular flexibility index (Phi) is 4.94. The first-order valence-electron chi connectivity index (χ1n) is 7.41. The zero-order valence-corrected chi connectivity index (χ0v) is 12.0. The van der Waals surface area contributed by atoms with Gasteiger partial charge in [-0.2, -0.15) is 0 Å². The fraction of sp³-hybridized carbons (Fsp3) is 0.625. The van der Waals surface area contributed by atoms with E-state index in [9.17, 15) is 4.39 Å². The van der Waals surface area contributed by atoms with Gasteiger partial charge in [-0.1, -0.05) is 31.5 Å². The molecule has 3 unspecified atom stereocenters. The largest absolute Gasteiger partial charge is 0.327 e. The molecule has 2 N–H and O–H groups in total. The van der Waals surface area contributed by atoms with Gasteiger partial charge in [0.2, 0.25) is 0 Å². The molecule has 2 rings (SSSR count). The number of hydrogen-bond acceptors (Lipinski definition) is 2. The van der Waals surface area contributed by atoms with E-state index in [-0.39, 0.29) is 17.9 Å². The summed E-state index contributed by atoms with van der Waals surface area (Å²) in [5.41, 5.74) is 6.95. The van der Waals surface area contributed by atoms with E-state index >= 15 is 0 Å². The minimum absolute atomic E-state index is 0.0941. The van der Waals surface area contributed by atoms with E-state index in [1.54, 1.807) is 12.1 Å². The lowest BCUT2D eigenvalue weighted by Crippen LogP contribution is -2.50. The summed E-state index contributed by atoms with van der Waals surface area (Å²) in [4.78, 5) is 2.42. The van der Waals surface area contributed by atoms with Crippen LogP contribution in [0.1, 0.15) is 51.1 Å². The third kappa shape index (κ3) is 3.15. The fourth-order valence-electron chi connectivity index (χ4n) is 3.31. The van der Waals surface area contributed by atoms with Gasteiger partial charge in [-0.25, -0.2) is 4.39 Å². The molecule has 0 bridgehead atoms. The molecule has 1 aliphatic heterocycles. The SMILES string of the molecule is CCC(c1ccccc1F)N1CCCCC1C(C)N. The van der Waals surface area contributed by atoms with Crippen LogP contribution in [0.5, 0.6) is 0 Å². The molecule has 1 saturated heterocycles. The van der Waals surface area contributed by atoms with Crippen molar-refractivity contribution in [1.29, 1.82) is 0 Å². The van der Waals surface area contributed by atoms with Gasteiger partial charge >= 0.3 is 0 Å². The van der Waals surface area contributed by atoms with Crippen LogP contribution in [0.15, 0.2) is 24.3 Å². The number of hydrogen-bond donors (Lipinski definition) is 1. The summed E-state index contributed by atoms with van der Waals surface area (Å²) < 4.78 is 14.1. The average Bonchev–Trinajstić information content (AvgIpc) is 2.42. The van der Waals surface area contributed by atoms with E-state index in [0.717, 1.165) is 24.9 Å². The highest BCUT2D eigenvalue weighted by Crippen LogP contribution is 2.33. The van der Waals surface area contributed by atoms with Gasteiger partial charge in [0.1, 0.15) is 5.82 Å². The molecule has 1 aromatic rings. The van der Waals surface area contributed by atoms with Gasteiger partial charge in [0.25, 0.3) is 0 Å². The quantitative estimate of drug-likeness (QED) is 0.902. The average molecular weight is 264 g/mol. The van der Waals surface area contributed by atoms with Crippen LogP contribution in [-0.4, -0.2) is 23.5 Å². The molecule has 0 amide bonds. The van der Waals surface area contributed by atoms with E-state index in [1.807, 2.05) is 12.1 Å². The first-order chi connectivity index (χ1) is 9.15. The van der Waals surface area contributed by atoms with Gasteiger partial charge in [0.05, 0.1) is 0 Å². The first kappa shape index (κ1) is 14.5. The van der Waals surface area contributed by atoms with Crippen molar-refractivity contribution in [3.8, 4) is 0 Å². The molecular weight excluding hydrogens is 239 g/mol. The van der Waals surface area contributed by atoms with Crippen LogP contribution >= 0.6 is 0 Å². The molecule has 0 saturated carbocycles. The van der Waals surface area contributed by atoms with Gasteiger partial charge in [0, 0.05) is 23.7 Å². The van der Waals surface area contributed by atoms with Gasteiger partial charge < -0.3 is 5.73 Å². The molecule has 3 atom stereocenters. The second kappa shape index (κ2) is 6.49. The highest BCUT2D eigenvalue weighted by molar-refractivity contribution is 5.21. The molecule has 0 aromatic heterocycles. The topological polar surface area (TPSA) is 29.3 Å². The lowest BCUT2D eigenvalue weighted by Gasteiger charge is -2.43. The molecule has 1 fully saturated rings. The Labute approximate surface area is 115 Å². The molecule has 0 spiro atoms. The molecule has 106 valence electrons. The summed E-state index contributed by atoms with van der Waals surface area (Å²) in [6, 6.07) is 7.81. The Morgan fingerprint density at radius 2 is 2.11 bits per heavy atom. The Hall–Kier alpha value is -0.930. The Morgan fingerprint density at radius 3 is 2.74 bits per heavy atom. The summed E-state index contributed by atoms with van der Waals surface area (Å²) in [6.45, 7) is 5.22. The maximum Gasteiger partial charge on any atom is 0.127 e. The van der Waals surface area contributed by atoms with E-state index in [2.05, 4.69) is 18.7 Å². The number of halogens is 1.